The number of pyridine rings is 1. The number of piperazine rings is 1. The van der Waals surface area contributed by atoms with Crippen LogP contribution in [0.25, 0.3) is 0 Å². The molecule has 0 aromatic carbocycles. The summed E-state index contributed by atoms with van der Waals surface area (Å²) < 4.78 is 5.26. The van der Waals surface area contributed by atoms with Crippen LogP contribution in [0.4, 0.5) is 0 Å². The van der Waals surface area contributed by atoms with Crippen molar-refractivity contribution < 1.29 is 14.1 Å². The van der Waals surface area contributed by atoms with Crippen molar-refractivity contribution in [1.29, 1.82) is 0 Å². The summed E-state index contributed by atoms with van der Waals surface area (Å²) in [5.41, 5.74) is 1.38. The van der Waals surface area contributed by atoms with Crippen molar-refractivity contribution in [3.63, 3.8) is 0 Å². The third kappa shape index (κ3) is 6.70. The topological polar surface area (TPSA) is 82.8 Å². The van der Waals surface area contributed by atoms with Crippen molar-refractivity contribution in [2.45, 2.75) is 30.7 Å². The molecule has 0 unspecified atom stereocenters. The molecule has 3 heterocycles. The van der Waals surface area contributed by atoms with E-state index in [2.05, 4.69) is 16.1 Å². The van der Waals surface area contributed by atoms with Gasteiger partial charge in [-0.25, -0.2) is 4.98 Å². The monoisotopic (exact) mass is 467 g/mol. The fraction of sp³-hybridized carbons (Fsp3) is 0.417. The summed E-state index contributed by atoms with van der Waals surface area (Å²) >= 11 is 1.44. The van der Waals surface area contributed by atoms with Gasteiger partial charge in [0.1, 0.15) is 10.8 Å². The lowest BCUT2D eigenvalue weighted by Crippen LogP contribution is -2.55. The number of amides is 2. The molecule has 0 radical (unpaired) electrons. The average Bonchev–Trinajstić information content (AvgIpc) is 3.22. The molecule has 1 aliphatic heterocycles. The Kier molecular flexibility index (Phi) is 8.69. The maximum absolute atomic E-state index is 13.3. The Hall–Kier alpha value is -3.09. The highest BCUT2D eigenvalue weighted by atomic mass is 32.2. The van der Waals surface area contributed by atoms with E-state index in [4.69, 9.17) is 10.9 Å². The molecule has 33 heavy (non-hydrogen) atoms. The second-order valence-electron chi connectivity index (χ2n) is 8.01. The van der Waals surface area contributed by atoms with Gasteiger partial charge in [-0.15, -0.1) is 6.42 Å². The van der Waals surface area contributed by atoms with E-state index >= 15 is 0 Å². The number of hydrogen-bond acceptors (Lipinski definition) is 7. The first-order chi connectivity index (χ1) is 15.9. The number of aromatic nitrogens is 2. The molecule has 2 aromatic heterocycles. The predicted octanol–water partition coefficient (Wildman–Crippen LogP) is 2.46. The SMILES string of the molecule is C#CCN(C)C/C=C/C(=O)N1CCN(C(=O)c2cccnc2SCc2cc(C)no2)[C@@H](C)C1. The molecule has 1 saturated heterocycles. The van der Waals surface area contributed by atoms with Gasteiger partial charge in [0.25, 0.3) is 5.91 Å². The molecule has 8 nitrogen and oxygen atoms in total. The van der Waals surface area contributed by atoms with Gasteiger partial charge in [-0.1, -0.05) is 28.9 Å². The van der Waals surface area contributed by atoms with Gasteiger partial charge >= 0.3 is 0 Å². The number of carbonyl (C=O) groups is 2. The lowest BCUT2D eigenvalue weighted by molar-refractivity contribution is -0.128. The van der Waals surface area contributed by atoms with Gasteiger partial charge in [-0.2, -0.15) is 0 Å². The Labute approximate surface area is 199 Å². The Morgan fingerprint density at radius 2 is 2.24 bits per heavy atom. The summed E-state index contributed by atoms with van der Waals surface area (Å²) in [5, 5.41) is 4.55. The van der Waals surface area contributed by atoms with E-state index in [1.807, 2.05) is 42.8 Å². The normalized spacial score (nSPS) is 16.4. The molecular formula is C24H29N5O3S. The van der Waals surface area contributed by atoms with Crippen LogP contribution in [0.15, 0.2) is 46.1 Å². The summed E-state index contributed by atoms with van der Waals surface area (Å²) in [6.45, 7) is 6.41. The average molecular weight is 468 g/mol. The smallest absolute Gasteiger partial charge is 0.256 e. The van der Waals surface area contributed by atoms with Gasteiger partial charge in [-0.05, 0) is 33.0 Å². The fourth-order valence-electron chi connectivity index (χ4n) is 3.57. The molecule has 1 aliphatic rings. The Morgan fingerprint density at radius 3 is 2.94 bits per heavy atom. The minimum Gasteiger partial charge on any atom is -0.360 e. The van der Waals surface area contributed by atoms with Crippen LogP contribution in [0.3, 0.4) is 0 Å². The number of likely N-dealkylation sites (N-methyl/N-ethyl adjacent to an activating group) is 1. The van der Waals surface area contributed by atoms with Gasteiger partial charge in [0.15, 0.2) is 0 Å². The summed E-state index contributed by atoms with van der Waals surface area (Å²) in [5.74, 6) is 3.72. The van der Waals surface area contributed by atoms with Crippen molar-refractivity contribution in [3.05, 3.63) is 53.6 Å². The largest absolute Gasteiger partial charge is 0.360 e. The maximum atomic E-state index is 13.3. The van der Waals surface area contributed by atoms with Gasteiger partial charge in [0.2, 0.25) is 5.91 Å². The molecule has 0 spiro atoms. The van der Waals surface area contributed by atoms with Crippen molar-refractivity contribution >= 4 is 23.6 Å². The van der Waals surface area contributed by atoms with E-state index in [1.165, 1.54) is 11.8 Å². The number of rotatable bonds is 8. The molecule has 0 bridgehead atoms. The van der Waals surface area contributed by atoms with Crippen LogP contribution >= 0.6 is 11.8 Å². The molecule has 3 rings (SSSR count). The van der Waals surface area contributed by atoms with Crippen LogP contribution < -0.4 is 0 Å². The fourth-order valence-corrected chi connectivity index (χ4v) is 4.43. The van der Waals surface area contributed by atoms with E-state index in [-0.39, 0.29) is 17.9 Å². The van der Waals surface area contributed by atoms with Crippen LogP contribution in [0.2, 0.25) is 0 Å². The van der Waals surface area contributed by atoms with Crippen molar-refractivity contribution in [1.82, 2.24) is 24.8 Å². The number of aryl methyl sites for hydroxylation is 1. The first kappa shape index (κ1) is 24.6. The maximum Gasteiger partial charge on any atom is 0.256 e. The highest BCUT2D eigenvalue weighted by Gasteiger charge is 2.31. The molecule has 0 saturated carbocycles. The van der Waals surface area contributed by atoms with Gasteiger partial charge in [0, 0.05) is 50.6 Å². The minimum atomic E-state index is -0.109. The second-order valence-corrected chi connectivity index (χ2v) is 8.98. The van der Waals surface area contributed by atoms with Crippen molar-refractivity contribution in [3.8, 4) is 12.3 Å². The van der Waals surface area contributed by atoms with Crippen LogP contribution in [-0.2, 0) is 10.5 Å². The number of terminal acetylenes is 1. The zero-order valence-corrected chi connectivity index (χ0v) is 20.0. The van der Waals surface area contributed by atoms with Crippen LogP contribution in [-0.4, -0.2) is 82.5 Å². The van der Waals surface area contributed by atoms with Crippen LogP contribution in [0.1, 0.15) is 28.7 Å². The number of thioether (sulfide) groups is 1. The van der Waals surface area contributed by atoms with Crippen LogP contribution in [0, 0.1) is 19.3 Å². The lowest BCUT2D eigenvalue weighted by Gasteiger charge is -2.39. The molecule has 0 aliphatic carbocycles. The first-order valence-corrected chi connectivity index (χ1v) is 11.8. The van der Waals surface area contributed by atoms with Gasteiger partial charge < -0.3 is 14.3 Å². The number of carbonyl (C=O) groups excluding carboxylic acids is 2. The van der Waals surface area contributed by atoms with Crippen molar-refractivity contribution in [2.24, 2.45) is 0 Å². The minimum absolute atomic E-state index is 0.0528. The van der Waals surface area contributed by atoms with E-state index in [0.717, 1.165) is 11.5 Å². The van der Waals surface area contributed by atoms with E-state index in [1.54, 1.807) is 29.3 Å². The second kappa shape index (κ2) is 11.7. The lowest BCUT2D eigenvalue weighted by atomic mass is 10.1. The van der Waals surface area contributed by atoms with Crippen molar-refractivity contribution in [2.75, 3.05) is 39.8 Å². The Bertz CT molecular complexity index is 1040. The van der Waals surface area contributed by atoms with Gasteiger partial charge in [0.05, 0.1) is 23.6 Å². The highest BCUT2D eigenvalue weighted by Crippen LogP contribution is 2.26. The summed E-state index contributed by atoms with van der Waals surface area (Å²) in [6.07, 6.45) is 10.4. The third-order valence-corrected chi connectivity index (χ3v) is 6.30. The molecule has 9 heteroatoms. The summed E-state index contributed by atoms with van der Waals surface area (Å²) in [6, 6.07) is 5.32. The van der Waals surface area contributed by atoms with E-state index in [9.17, 15) is 9.59 Å². The molecule has 1 atom stereocenters. The van der Waals surface area contributed by atoms with E-state index < -0.39 is 0 Å². The standard InChI is InChI=1S/C24H29N5O3S/c1-5-11-27(4)12-7-9-22(30)28-13-14-29(19(3)16-28)24(31)21-8-6-10-25-23(21)33-17-20-15-18(2)26-32-20/h1,6-10,15,19H,11-14,16-17H2,2-4H3/b9-7+/t19-/m0/s1. The van der Waals surface area contributed by atoms with Gasteiger partial charge in [-0.3, -0.25) is 14.5 Å². The zero-order valence-electron chi connectivity index (χ0n) is 19.2. The Morgan fingerprint density at radius 1 is 1.42 bits per heavy atom. The molecular weight excluding hydrogens is 438 g/mol. The summed E-state index contributed by atoms with van der Waals surface area (Å²) in [4.78, 5) is 35.8. The number of nitrogens with zero attached hydrogens (tertiary/aromatic N) is 5. The molecule has 2 amide bonds. The highest BCUT2D eigenvalue weighted by molar-refractivity contribution is 7.98. The van der Waals surface area contributed by atoms with E-state index in [0.29, 0.717) is 49.1 Å². The molecule has 1 fully saturated rings. The Balaban J connectivity index is 1.59. The first-order valence-electron chi connectivity index (χ1n) is 10.8. The quantitative estimate of drug-likeness (QED) is 0.335. The molecule has 0 N–H and O–H groups in total. The molecule has 174 valence electrons. The van der Waals surface area contributed by atoms with Crippen LogP contribution in [0.5, 0.6) is 0 Å². The summed E-state index contributed by atoms with van der Waals surface area (Å²) in [7, 11) is 1.90. The zero-order chi connectivity index (χ0) is 23.8. The predicted molar refractivity (Wildman–Crippen MR) is 128 cm³/mol. The third-order valence-electron chi connectivity index (χ3n) is 5.27. The molecule has 2 aromatic rings. The number of hydrogen-bond donors (Lipinski definition) is 0.